The molecule has 0 amide bonds. The molecule has 1 rings (SSSR count). The van der Waals surface area contributed by atoms with Crippen molar-refractivity contribution in [3.63, 3.8) is 0 Å². The van der Waals surface area contributed by atoms with E-state index in [1.165, 1.54) is 37.9 Å². The van der Waals surface area contributed by atoms with E-state index in [1.807, 2.05) is 0 Å². The summed E-state index contributed by atoms with van der Waals surface area (Å²) in [6, 6.07) is 0. The molecule has 1 fully saturated rings. The second-order valence-corrected chi connectivity index (χ2v) is 6.16. The molecule has 0 aromatic heterocycles. The number of thioether (sulfide) groups is 1. The largest absolute Gasteiger partial charge is 0.388 e. The summed E-state index contributed by atoms with van der Waals surface area (Å²) >= 11 is 2.14. The van der Waals surface area contributed by atoms with Crippen LogP contribution in [-0.4, -0.2) is 16.8 Å². The van der Waals surface area contributed by atoms with Gasteiger partial charge in [0, 0.05) is 11.7 Å². The highest BCUT2D eigenvalue weighted by Crippen LogP contribution is 2.32. The minimum atomic E-state index is 0.339. The fourth-order valence-corrected chi connectivity index (χ4v) is 3.70. The minimum absolute atomic E-state index is 0.339. The fraction of sp³-hybridized carbons (Fsp3) is 0.917. The van der Waals surface area contributed by atoms with Gasteiger partial charge in [-0.2, -0.15) is 11.8 Å². The van der Waals surface area contributed by atoms with Crippen LogP contribution in [0, 0.1) is 11.3 Å². The molecule has 2 unspecified atom stereocenters. The summed E-state index contributed by atoms with van der Waals surface area (Å²) in [5.41, 5.74) is 5.31. The highest BCUT2D eigenvalue weighted by Gasteiger charge is 2.18. The van der Waals surface area contributed by atoms with Crippen molar-refractivity contribution in [2.45, 2.75) is 57.1 Å². The van der Waals surface area contributed by atoms with Crippen LogP contribution in [0.15, 0.2) is 0 Å². The Bertz CT molecular complexity index is 194. The molecule has 0 heterocycles. The monoisotopic (exact) mass is 228 g/mol. The van der Waals surface area contributed by atoms with Gasteiger partial charge in [-0.1, -0.05) is 19.8 Å². The van der Waals surface area contributed by atoms with E-state index < -0.39 is 0 Å². The second kappa shape index (κ2) is 7.15. The molecule has 0 aromatic rings. The molecule has 2 nitrogen and oxygen atoms in total. The molecule has 0 saturated heterocycles. The van der Waals surface area contributed by atoms with Crippen LogP contribution >= 0.6 is 11.8 Å². The first-order valence-electron chi connectivity index (χ1n) is 6.13. The Kier molecular flexibility index (Phi) is 6.15. The molecule has 1 aliphatic rings. The second-order valence-electron chi connectivity index (χ2n) is 4.75. The summed E-state index contributed by atoms with van der Waals surface area (Å²) in [6.45, 7) is 2.38. The Hall–Kier alpha value is -0.180. The molecule has 1 aliphatic carbocycles. The van der Waals surface area contributed by atoms with E-state index in [0.29, 0.717) is 5.84 Å². The first-order chi connectivity index (χ1) is 7.18. The molecule has 0 radical (unpaired) electrons. The molecular formula is C12H24N2S. The molecule has 2 atom stereocenters. The zero-order valence-corrected chi connectivity index (χ0v) is 10.6. The van der Waals surface area contributed by atoms with Crippen molar-refractivity contribution in [2.24, 2.45) is 11.7 Å². The number of nitrogens with one attached hydrogen (secondary N) is 1. The van der Waals surface area contributed by atoms with Gasteiger partial charge < -0.3 is 5.73 Å². The summed E-state index contributed by atoms with van der Waals surface area (Å²) in [6.07, 6.45) is 8.77. The van der Waals surface area contributed by atoms with Gasteiger partial charge in [-0.3, -0.25) is 5.41 Å². The van der Waals surface area contributed by atoms with E-state index in [0.717, 1.165) is 24.0 Å². The van der Waals surface area contributed by atoms with E-state index in [9.17, 15) is 0 Å². The number of hydrogen-bond acceptors (Lipinski definition) is 2. The molecule has 3 heteroatoms. The van der Waals surface area contributed by atoms with Gasteiger partial charge in [0.25, 0.3) is 0 Å². The Morgan fingerprint density at radius 3 is 2.87 bits per heavy atom. The van der Waals surface area contributed by atoms with Crippen molar-refractivity contribution in [1.82, 2.24) is 0 Å². The molecule has 0 aliphatic heterocycles. The topological polar surface area (TPSA) is 49.9 Å². The first kappa shape index (κ1) is 12.9. The van der Waals surface area contributed by atoms with Crippen LogP contribution in [0.5, 0.6) is 0 Å². The Balaban J connectivity index is 1.97. The zero-order chi connectivity index (χ0) is 11.1. The minimum Gasteiger partial charge on any atom is -0.388 e. The summed E-state index contributed by atoms with van der Waals surface area (Å²) in [4.78, 5) is 0. The maximum Gasteiger partial charge on any atom is 0.0905 e. The van der Waals surface area contributed by atoms with E-state index in [4.69, 9.17) is 11.1 Å². The predicted molar refractivity (Wildman–Crippen MR) is 69.6 cm³/mol. The average molecular weight is 228 g/mol. The number of unbranched alkanes of at least 4 members (excludes halogenated alkanes) is 1. The molecule has 1 saturated carbocycles. The normalized spacial score (nSPS) is 26.5. The van der Waals surface area contributed by atoms with Crippen molar-refractivity contribution < 1.29 is 0 Å². The third-order valence-electron chi connectivity index (χ3n) is 3.08. The molecule has 88 valence electrons. The van der Waals surface area contributed by atoms with Crippen LogP contribution < -0.4 is 5.73 Å². The Labute approximate surface area is 97.9 Å². The number of nitrogens with two attached hydrogens (primary N) is 1. The van der Waals surface area contributed by atoms with Crippen molar-refractivity contribution in [3.05, 3.63) is 0 Å². The lowest BCUT2D eigenvalue weighted by Gasteiger charge is -2.26. The summed E-state index contributed by atoms with van der Waals surface area (Å²) in [5.74, 6) is 2.53. The molecular weight excluding hydrogens is 204 g/mol. The highest BCUT2D eigenvalue weighted by atomic mass is 32.2. The first-order valence-corrected chi connectivity index (χ1v) is 7.18. The summed E-state index contributed by atoms with van der Waals surface area (Å²) in [5, 5.41) is 8.03. The van der Waals surface area contributed by atoms with Crippen LogP contribution in [0.3, 0.4) is 0 Å². The van der Waals surface area contributed by atoms with E-state index >= 15 is 0 Å². The van der Waals surface area contributed by atoms with Crippen molar-refractivity contribution in [2.75, 3.05) is 5.75 Å². The van der Waals surface area contributed by atoms with Gasteiger partial charge in [-0.25, -0.2) is 0 Å². The average Bonchev–Trinajstić information content (AvgIpc) is 2.17. The number of rotatable bonds is 6. The van der Waals surface area contributed by atoms with Gasteiger partial charge in [-0.05, 0) is 37.4 Å². The maximum absolute atomic E-state index is 7.12. The molecule has 3 N–H and O–H groups in total. The number of amidine groups is 1. The lowest BCUT2D eigenvalue weighted by molar-refractivity contribution is 0.394. The van der Waals surface area contributed by atoms with E-state index in [1.54, 1.807) is 0 Å². The van der Waals surface area contributed by atoms with Gasteiger partial charge in [0.15, 0.2) is 0 Å². The summed E-state index contributed by atoms with van der Waals surface area (Å²) in [7, 11) is 0. The molecule has 0 spiro atoms. The van der Waals surface area contributed by atoms with Crippen molar-refractivity contribution in [3.8, 4) is 0 Å². The van der Waals surface area contributed by atoms with Gasteiger partial charge in [0.1, 0.15) is 0 Å². The van der Waals surface area contributed by atoms with Gasteiger partial charge in [-0.15, -0.1) is 0 Å². The third-order valence-corrected chi connectivity index (χ3v) is 4.51. The van der Waals surface area contributed by atoms with Crippen molar-refractivity contribution >= 4 is 17.6 Å². The quantitative estimate of drug-likeness (QED) is 0.416. The van der Waals surface area contributed by atoms with Crippen LogP contribution in [0.1, 0.15) is 51.9 Å². The maximum atomic E-state index is 7.12. The predicted octanol–water partition coefficient (Wildman–Crippen LogP) is 3.40. The van der Waals surface area contributed by atoms with Gasteiger partial charge in [0.2, 0.25) is 0 Å². The Morgan fingerprint density at radius 2 is 2.20 bits per heavy atom. The highest BCUT2D eigenvalue weighted by molar-refractivity contribution is 7.99. The van der Waals surface area contributed by atoms with Gasteiger partial charge >= 0.3 is 0 Å². The van der Waals surface area contributed by atoms with Crippen LogP contribution in [-0.2, 0) is 0 Å². The van der Waals surface area contributed by atoms with Crippen LogP contribution in [0.4, 0.5) is 0 Å². The number of hydrogen-bond donors (Lipinski definition) is 2. The molecule has 0 bridgehead atoms. The third kappa shape index (κ3) is 6.08. The molecule has 0 aromatic carbocycles. The van der Waals surface area contributed by atoms with Crippen LogP contribution in [0.2, 0.25) is 0 Å². The smallest absolute Gasteiger partial charge is 0.0905 e. The van der Waals surface area contributed by atoms with E-state index in [-0.39, 0.29) is 0 Å². The standard InChI is InChI=1S/C12H24N2S/c1-10-5-4-6-11(9-10)15-8-3-2-7-12(13)14/h10-11H,2-9H2,1H3,(H3,13,14). The summed E-state index contributed by atoms with van der Waals surface area (Å²) < 4.78 is 0. The van der Waals surface area contributed by atoms with Crippen LogP contribution in [0.25, 0.3) is 0 Å². The lowest BCUT2D eigenvalue weighted by atomic mass is 9.91. The zero-order valence-electron chi connectivity index (χ0n) is 9.80. The Morgan fingerprint density at radius 1 is 1.40 bits per heavy atom. The fourth-order valence-electron chi connectivity index (χ4n) is 2.20. The van der Waals surface area contributed by atoms with Crippen molar-refractivity contribution in [1.29, 1.82) is 5.41 Å². The lowest BCUT2D eigenvalue weighted by Crippen LogP contribution is -2.15. The molecule has 15 heavy (non-hydrogen) atoms. The van der Waals surface area contributed by atoms with E-state index in [2.05, 4.69) is 18.7 Å². The SMILES string of the molecule is CC1CCCC(SCCCCC(=N)N)C1. The van der Waals surface area contributed by atoms with Gasteiger partial charge in [0.05, 0.1) is 5.84 Å².